The van der Waals surface area contributed by atoms with E-state index in [-0.39, 0.29) is 11.6 Å². The topological polar surface area (TPSA) is 43.6 Å². The monoisotopic (exact) mass is 582 g/mol. The minimum absolute atomic E-state index is 0.00795. The van der Waals surface area contributed by atoms with Crippen LogP contribution in [-0.2, 0) is 13.0 Å². The second-order valence-corrected chi connectivity index (χ2v) is 12.6. The molecule has 0 saturated carbocycles. The van der Waals surface area contributed by atoms with Gasteiger partial charge in [0.05, 0.1) is 16.3 Å². The number of rotatable bonds is 5. The Morgan fingerprint density at radius 1 is 0.881 bits per heavy atom. The van der Waals surface area contributed by atoms with E-state index in [2.05, 4.69) is 84.2 Å². The van der Waals surface area contributed by atoms with Gasteiger partial charge in [0.2, 0.25) is 0 Å². The quantitative estimate of drug-likeness (QED) is 0.217. The zero-order chi connectivity index (χ0) is 28.0. The minimum atomic E-state index is -0.135. The van der Waals surface area contributed by atoms with Crippen molar-refractivity contribution in [2.24, 2.45) is 4.99 Å². The number of aryl methyl sites for hydroxylation is 1. The van der Waals surface area contributed by atoms with Crippen molar-refractivity contribution < 1.29 is 4.74 Å². The zero-order valence-electron chi connectivity index (χ0n) is 22.7. The summed E-state index contributed by atoms with van der Waals surface area (Å²) in [6, 6.07) is 35.2. The van der Waals surface area contributed by atoms with Gasteiger partial charge in [-0.1, -0.05) is 102 Å². The molecule has 0 bridgehead atoms. The molecule has 0 fully saturated rings. The molecule has 2 aromatic heterocycles. The Bertz CT molecular complexity index is 2180. The van der Waals surface area contributed by atoms with Crippen LogP contribution in [-0.4, -0.2) is 4.57 Å². The number of thiophene rings is 1. The molecule has 6 aromatic rings. The van der Waals surface area contributed by atoms with Gasteiger partial charge in [0, 0.05) is 16.0 Å². The second kappa shape index (κ2) is 10.4. The molecule has 0 N–H and O–H groups in total. The molecule has 1 aliphatic carbocycles. The Labute approximate surface area is 250 Å². The Balaban J connectivity index is 1.22. The molecule has 42 heavy (non-hydrogen) atoms. The second-order valence-electron chi connectivity index (χ2n) is 10.6. The first-order valence-electron chi connectivity index (χ1n) is 14.1. The van der Waals surface area contributed by atoms with Crippen molar-refractivity contribution in [3.63, 3.8) is 0 Å². The fraction of sp³-hybridized carbons (Fsp3) is 0.111. The van der Waals surface area contributed by atoms with E-state index >= 15 is 0 Å². The van der Waals surface area contributed by atoms with Crippen LogP contribution >= 0.6 is 22.7 Å². The smallest absolute Gasteiger partial charge is 0.271 e. The maximum atomic E-state index is 14.1. The molecule has 4 nitrogen and oxygen atoms in total. The van der Waals surface area contributed by atoms with Crippen LogP contribution in [0.1, 0.15) is 39.6 Å². The largest absolute Gasteiger partial charge is 0.488 e. The zero-order valence-corrected chi connectivity index (χ0v) is 24.3. The van der Waals surface area contributed by atoms with E-state index in [1.807, 2.05) is 34.9 Å². The highest BCUT2D eigenvalue weighted by Gasteiger charge is 2.33. The van der Waals surface area contributed by atoms with Crippen molar-refractivity contribution in [3.05, 3.63) is 161 Å². The van der Waals surface area contributed by atoms with E-state index in [9.17, 15) is 4.79 Å². The standard InChI is InChI=1S/C36H26N2O2S2/c39-35-32(21-25-11-3-6-16-30(25)40-22-26-13-7-12-23-9-1-4-14-27(23)26)42-36-37-33-28-15-5-2-10-24(28)18-19-29(33)34(38(35)36)31-17-8-20-41-31/h1-17,20-21,34H,18-19,22H2/b32-21-/t34-/m0/s1. The summed E-state index contributed by atoms with van der Waals surface area (Å²) in [6.45, 7) is 0.442. The Kier molecular flexibility index (Phi) is 6.24. The first kappa shape index (κ1) is 25.2. The number of para-hydroxylation sites is 1. The lowest BCUT2D eigenvalue weighted by Gasteiger charge is -2.30. The van der Waals surface area contributed by atoms with Gasteiger partial charge in [-0.25, -0.2) is 4.99 Å². The number of allylic oxidation sites excluding steroid dienone is 1. The van der Waals surface area contributed by atoms with Gasteiger partial charge < -0.3 is 4.74 Å². The van der Waals surface area contributed by atoms with Crippen molar-refractivity contribution in [2.45, 2.75) is 25.5 Å². The van der Waals surface area contributed by atoms with Crippen molar-refractivity contribution in [1.82, 2.24) is 4.57 Å². The predicted octanol–water partition coefficient (Wildman–Crippen LogP) is 7.11. The lowest BCUT2D eigenvalue weighted by molar-refractivity contribution is 0.307. The number of hydrogen-bond donors (Lipinski definition) is 0. The number of ether oxygens (including phenoxy) is 1. The summed E-state index contributed by atoms with van der Waals surface area (Å²) in [5.74, 6) is 0.749. The highest BCUT2D eigenvalue weighted by molar-refractivity contribution is 7.10. The molecule has 8 rings (SSSR count). The molecule has 0 radical (unpaired) electrons. The third-order valence-corrected chi connectivity index (χ3v) is 10.1. The molecule has 3 heterocycles. The fourth-order valence-corrected chi connectivity index (χ4v) is 8.00. The Hall–Kier alpha value is -4.52. The Morgan fingerprint density at radius 2 is 1.71 bits per heavy atom. The molecule has 1 aliphatic heterocycles. The highest BCUT2D eigenvalue weighted by Crippen LogP contribution is 2.42. The molecule has 4 aromatic carbocycles. The summed E-state index contributed by atoms with van der Waals surface area (Å²) in [4.78, 5) is 21.2. The molecule has 2 aliphatic rings. The molecule has 204 valence electrons. The van der Waals surface area contributed by atoms with E-state index in [1.54, 1.807) is 11.3 Å². The van der Waals surface area contributed by atoms with Crippen LogP contribution in [0.3, 0.4) is 0 Å². The first-order chi connectivity index (χ1) is 20.7. The number of hydrogen-bond acceptors (Lipinski definition) is 5. The van der Waals surface area contributed by atoms with Gasteiger partial charge in [0.25, 0.3) is 5.56 Å². The molecule has 0 amide bonds. The van der Waals surface area contributed by atoms with Gasteiger partial charge in [0.15, 0.2) is 4.80 Å². The van der Waals surface area contributed by atoms with Crippen LogP contribution in [0.25, 0.3) is 22.5 Å². The Morgan fingerprint density at radius 3 is 2.64 bits per heavy atom. The fourth-order valence-electron chi connectivity index (χ4n) is 6.16. The van der Waals surface area contributed by atoms with E-state index in [0.717, 1.165) is 40.2 Å². The van der Waals surface area contributed by atoms with Crippen molar-refractivity contribution >= 4 is 45.2 Å². The lowest BCUT2D eigenvalue weighted by atomic mass is 9.85. The maximum Gasteiger partial charge on any atom is 0.271 e. The van der Waals surface area contributed by atoms with Crippen LogP contribution in [0.5, 0.6) is 5.75 Å². The number of benzene rings is 4. The van der Waals surface area contributed by atoms with Gasteiger partial charge in [-0.2, -0.15) is 0 Å². The number of nitrogens with zero attached hydrogens (tertiary/aromatic N) is 2. The molecule has 1 atom stereocenters. The predicted molar refractivity (Wildman–Crippen MR) is 172 cm³/mol. The van der Waals surface area contributed by atoms with E-state index in [0.29, 0.717) is 11.1 Å². The number of thiazole rings is 1. The van der Waals surface area contributed by atoms with Crippen LogP contribution in [0, 0.1) is 0 Å². The summed E-state index contributed by atoms with van der Waals surface area (Å²) < 4.78 is 8.94. The SMILES string of the molecule is O=c1/c(=C/c2ccccc2OCc2cccc3ccccc23)sc2n1[C@H](c1cccs1)C1=C(N=2)c2ccccc2CC1. The molecule has 6 heteroatoms. The van der Waals surface area contributed by atoms with E-state index in [1.165, 1.54) is 43.7 Å². The molecular formula is C36H26N2O2S2. The third kappa shape index (κ3) is 4.26. The molecular weight excluding hydrogens is 557 g/mol. The van der Waals surface area contributed by atoms with Gasteiger partial charge in [-0.15, -0.1) is 11.3 Å². The van der Waals surface area contributed by atoms with Gasteiger partial charge >= 0.3 is 0 Å². The number of aromatic nitrogens is 1. The summed E-state index contributed by atoms with van der Waals surface area (Å²) >= 11 is 3.15. The summed E-state index contributed by atoms with van der Waals surface area (Å²) in [6.07, 6.45) is 3.82. The van der Waals surface area contributed by atoms with Crippen molar-refractivity contribution in [1.29, 1.82) is 0 Å². The number of fused-ring (bicyclic) bond motifs is 4. The lowest BCUT2D eigenvalue weighted by Crippen LogP contribution is -2.38. The first-order valence-corrected chi connectivity index (χ1v) is 15.8. The summed E-state index contributed by atoms with van der Waals surface area (Å²) in [5.41, 5.74) is 6.77. The van der Waals surface area contributed by atoms with E-state index < -0.39 is 0 Å². The summed E-state index contributed by atoms with van der Waals surface area (Å²) in [5, 5.41) is 4.47. The third-order valence-electron chi connectivity index (χ3n) is 8.15. The van der Waals surface area contributed by atoms with Crippen LogP contribution in [0.4, 0.5) is 0 Å². The highest BCUT2D eigenvalue weighted by atomic mass is 32.1. The molecule has 0 saturated heterocycles. The van der Waals surface area contributed by atoms with Crippen LogP contribution < -0.4 is 19.6 Å². The van der Waals surface area contributed by atoms with Crippen LogP contribution in [0.15, 0.2) is 124 Å². The molecule has 0 spiro atoms. The maximum absolute atomic E-state index is 14.1. The summed E-state index contributed by atoms with van der Waals surface area (Å²) in [7, 11) is 0. The molecule has 0 unspecified atom stereocenters. The average Bonchev–Trinajstić information content (AvgIpc) is 3.68. The normalized spacial score (nSPS) is 16.1. The van der Waals surface area contributed by atoms with Gasteiger partial charge in [0.1, 0.15) is 12.4 Å². The van der Waals surface area contributed by atoms with Gasteiger partial charge in [-0.05, 0) is 63.9 Å². The van der Waals surface area contributed by atoms with Crippen molar-refractivity contribution in [3.8, 4) is 5.75 Å². The van der Waals surface area contributed by atoms with E-state index in [4.69, 9.17) is 9.73 Å². The van der Waals surface area contributed by atoms with Crippen LogP contribution in [0.2, 0.25) is 0 Å². The van der Waals surface area contributed by atoms with Gasteiger partial charge in [-0.3, -0.25) is 9.36 Å². The van der Waals surface area contributed by atoms with Crippen molar-refractivity contribution in [2.75, 3.05) is 0 Å². The average molecular weight is 583 g/mol. The minimum Gasteiger partial charge on any atom is -0.488 e.